The molecule has 1 aliphatic carbocycles. The van der Waals surface area contributed by atoms with Crippen molar-refractivity contribution in [3.63, 3.8) is 0 Å². The Bertz CT molecular complexity index is 407. The number of ether oxygens (including phenoxy) is 1. The Balaban J connectivity index is 2.71. The van der Waals surface area contributed by atoms with Gasteiger partial charge < -0.3 is 20.7 Å². The van der Waals surface area contributed by atoms with Crippen LogP contribution in [0.4, 0.5) is 4.79 Å². The van der Waals surface area contributed by atoms with Crippen LogP contribution < -0.4 is 16.0 Å². The fourth-order valence-electron chi connectivity index (χ4n) is 2.18. The number of hydrogen-bond acceptors (Lipinski definition) is 3. The number of aliphatic imine (C=N–C) groups is 1. The molecule has 134 valence electrons. The predicted octanol–water partition coefficient (Wildman–Crippen LogP) is 2.79. The molecule has 0 aliphatic heterocycles. The summed E-state index contributed by atoms with van der Waals surface area (Å²) >= 11 is 0. The van der Waals surface area contributed by atoms with Gasteiger partial charge in [0.25, 0.3) is 0 Å². The van der Waals surface area contributed by atoms with Crippen molar-refractivity contribution in [1.29, 1.82) is 0 Å². The summed E-state index contributed by atoms with van der Waals surface area (Å²) in [6.07, 6.45) is 3.63. The van der Waals surface area contributed by atoms with Gasteiger partial charge in [-0.25, -0.2) is 4.79 Å². The zero-order chi connectivity index (χ0) is 17.5. The molecule has 0 saturated heterocycles. The van der Waals surface area contributed by atoms with Gasteiger partial charge >= 0.3 is 6.09 Å². The highest BCUT2D eigenvalue weighted by atomic mass is 16.6. The fraction of sp³-hybridized carbons (Fsp3) is 0.882. The van der Waals surface area contributed by atoms with E-state index >= 15 is 0 Å². The Morgan fingerprint density at radius 3 is 2.22 bits per heavy atom. The molecule has 6 heteroatoms. The summed E-state index contributed by atoms with van der Waals surface area (Å²) in [4.78, 5) is 16.8. The second-order valence-corrected chi connectivity index (χ2v) is 7.23. The maximum absolute atomic E-state index is 12.1. The van der Waals surface area contributed by atoms with Crippen LogP contribution in [-0.4, -0.2) is 42.3 Å². The first-order valence-corrected chi connectivity index (χ1v) is 8.79. The average Bonchev–Trinajstić information content (AvgIpc) is 3.25. The topological polar surface area (TPSA) is 74.8 Å². The van der Waals surface area contributed by atoms with Crippen LogP contribution in [0.2, 0.25) is 0 Å². The van der Waals surface area contributed by atoms with Crippen molar-refractivity contribution in [2.75, 3.05) is 13.1 Å². The molecule has 1 fully saturated rings. The number of alkyl carbamates (subject to hydrolysis) is 1. The number of amides is 1. The van der Waals surface area contributed by atoms with Gasteiger partial charge in [-0.2, -0.15) is 0 Å². The standard InChI is InChI=1S/C17H34N4O2/c1-7-17(8-2,21-15(22)23-16(4,5)6)12-19-14(18-9-3)20-13-10-11-13/h13H,7-12H2,1-6H3,(H,21,22)(H2,18,19,20). The molecule has 1 saturated carbocycles. The lowest BCUT2D eigenvalue weighted by Gasteiger charge is -2.32. The summed E-state index contributed by atoms with van der Waals surface area (Å²) in [6.45, 7) is 13.1. The van der Waals surface area contributed by atoms with Gasteiger partial charge in [-0.15, -0.1) is 0 Å². The maximum atomic E-state index is 12.1. The van der Waals surface area contributed by atoms with Gasteiger partial charge in [-0.05, 0) is 53.4 Å². The zero-order valence-corrected chi connectivity index (χ0v) is 15.6. The third-order valence-corrected chi connectivity index (χ3v) is 3.92. The predicted molar refractivity (Wildman–Crippen MR) is 94.8 cm³/mol. The minimum Gasteiger partial charge on any atom is -0.444 e. The first-order chi connectivity index (χ1) is 10.7. The summed E-state index contributed by atoms with van der Waals surface area (Å²) in [5, 5.41) is 9.69. The Kier molecular flexibility index (Phi) is 7.16. The van der Waals surface area contributed by atoms with E-state index in [4.69, 9.17) is 4.74 Å². The Morgan fingerprint density at radius 2 is 1.78 bits per heavy atom. The molecule has 0 heterocycles. The molecule has 0 atom stereocenters. The van der Waals surface area contributed by atoms with Gasteiger partial charge in [0.15, 0.2) is 5.96 Å². The lowest BCUT2D eigenvalue weighted by atomic mass is 9.93. The SMILES string of the molecule is CCNC(=NCC(CC)(CC)NC(=O)OC(C)(C)C)NC1CC1. The van der Waals surface area contributed by atoms with E-state index in [2.05, 4.69) is 41.7 Å². The fourth-order valence-corrected chi connectivity index (χ4v) is 2.18. The lowest BCUT2D eigenvalue weighted by Crippen LogP contribution is -2.52. The van der Waals surface area contributed by atoms with Gasteiger partial charge in [-0.1, -0.05) is 13.8 Å². The minimum absolute atomic E-state index is 0.378. The van der Waals surface area contributed by atoms with Gasteiger partial charge in [0, 0.05) is 12.6 Å². The van der Waals surface area contributed by atoms with Gasteiger partial charge in [-0.3, -0.25) is 4.99 Å². The third-order valence-electron chi connectivity index (χ3n) is 3.92. The highest BCUT2D eigenvalue weighted by molar-refractivity contribution is 5.80. The van der Waals surface area contributed by atoms with Gasteiger partial charge in [0.2, 0.25) is 0 Å². The van der Waals surface area contributed by atoms with E-state index in [1.54, 1.807) is 0 Å². The van der Waals surface area contributed by atoms with Crippen LogP contribution in [0, 0.1) is 0 Å². The second kappa shape index (κ2) is 8.41. The summed E-state index contributed by atoms with van der Waals surface area (Å²) in [7, 11) is 0. The van der Waals surface area contributed by atoms with Crippen molar-refractivity contribution < 1.29 is 9.53 Å². The minimum atomic E-state index is -0.497. The Labute approximate surface area is 140 Å². The average molecular weight is 326 g/mol. The number of rotatable bonds is 7. The van der Waals surface area contributed by atoms with E-state index in [1.807, 2.05) is 20.8 Å². The quantitative estimate of drug-likeness (QED) is 0.497. The van der Waals surface area contributed by atoms with Crippen molar-refractivity contribution >= 4 is 12.1 Å². The molecule has 1 aliphatic rings. The summed E-state index contributed by atoms with van der Waals surface area (Å²) in [5.41, 5.74) is -0.878. The molecule has 0 bridgehead atoms. The molecule has 0 aromatic heterocycles. The Hall–Kier alpha value is -1.46. The van der Waals surface area contributed by atoms with Gasteiger partial charge in [0.05, 0.1) is 12.1 Å². The molecule has 0 radical (unpaired) electrons. The van der Waals surface area contributed by atoms with E-state index in [0.29, 0.717) is 12.6 Å². The molecule has 3 N–H and O–H groups in total. The summed E-state index contributed by atoms with van der Waals surface area (Å²) < 4.78 is 5.40. The lowest BCUT2D eigenvalue weighted by molar-refractivity contribution is 0.0452. The molecule has 1 amide bonds. The first-order valence-electron chi connectivity index (χ1n) is 8.79. The number of carbonyl (C=O) groups excluding carboxylic acids is 1. The van der Waals surface area contributed by atoms with Crippen LogP contribution in [0.5, 0.6) is 0 Å². The van der Waals surface area contributed by atoms with E-state index in [0.717, 1.165) is 25.3 Å². The van der Waals surface area contributed by atoms with E-state index in [1.165, 1.54) is 12.8 Å². The number of hydrogen-bond donors (Lipinski definition) is 3. The second-order valence-electron chi connectivity index (χ2n) is 7.23. The molecule has 0 unspecified atom stereocenters. The maximum Gasteiger partial charge on any atom is 0.408 e. The van der Waals surface area contributed by atoms with Crippen LogP contribution in [0.25, 0.3) is 0 Å². The zero-order valence-electron chi connectivity index (χ0n) is 15.6. The monoisotopic (exact) mass is 326 g/mol. The van der Waals surface area contributed by atoms with Crippen LogP contribution in [0.15, 0.2) is 4.99 Å². The first kappa shape index (κ1) is 19.6. The molecular weight excluding hydrogens is 292 g/mol. The summed E-state index contributed by atoms with van der Waals surface area (Å²) in [5.74, 6) is 0.826. The number of carbonyl (C=O) groups is 1. The van der Waals surface area contributed by atoms with Gasteiger partial charge in [0.1, 0.15) is 5.60 Å². The van der Waals surface area contributed by atoms with Crippen molar-refractivity contribution in [3.8, 4) is 0 Å². The number of nitrogens with one attached hydrogen (secondary N) is 3. The van der Waals surface area contributed by atoms with E-state index in [9.17, 15) is 4.79 Å². The largest absolute Gasteiger partial charge is 0.444 e. The van der Waals surface area contributed by atoms with Crippen LogP contribution in [0.3, 0.4) is 0 Å². The number of nitrogens with zero attached hydrogens (tertiary/aromatic N) is 1. The molecule has 0 aromatic rings. The van der Waals surface area contributed by atoms with Crippen LogP contribution in [-0.2, 0) is 4.74 Å². The van der Waals surface area contributed by atoms with Crippen molar-refractivity contribution in [2.45, 2.75) is 84.4 Å². The van der Waals surface area contributed by atoms with Crippen molar-refractivity contribution in [3.05, 3.63) is 0 Å². The van der Waals surface area contributed by atoms with E-state index < -0.39 is 5.60 Å². The van der Waals surface area contributed by atoms with Crippen molar-refractivity contribution in [2.24, 2.45) is 4.99 Å². The molecule has 0 spiro atoms. The normalized spacial score (nSPS) is 16.0. The Morgan fingerprint density at radius 1 is 1.17 bits per heavy atom. The highest BCUT2D eigenvalue weighted by Crippen LogP contribution is 2.20. The molecule has 23 heavy (non-hydrogen) atoms. The van der Waals surface area contributed by atoms with Crippen LogP contribution in [0.1, 0.15) is 67.2 Å². The molecule has 1 rings (SSSR count). The number of guanidine groups is 1. The molecule has 0 aromatic carbocycles. The molecule has 6 nitrogen and oxygen atoms in total. The third kappa shape index (κ3) is 7.57. The highest BCUT2D eigenvalue weighted by Gasteiger charge is 2.31. The molecular formula is C17H34N4O2. The van der Waals surface area contributed by atoms with E-state index in [-0.39, 0.29) is 11.6 Å². The van der Waals surface area contributed by atoms with Crippen LogP contribution >= 0.6 is 0 Å². The smallest absolute Gasteiger partial charge is 0.408 e. The summed E-state index contributed by atoms with van der Waals surface area (Å²) in [6, 6.07) is 0.546. The van der Waals surface area contributed by atoms with Crippen molar-refractivity contribution in [1.82, 2.24) is 16.0 Å².